The maximum absolute atomic E-state index is 12.6. The van der Waals surface area contributed by atoms with Crippen LogP contribution in [0.5, 0.6) is 0 Å². The van der Waals surface area contributed by atoms with Gasteiger partial charge in [-0.05, 0) is 25.1 Å². The fourth-order valence-electron chi connectivity index (χ4n) is 2.32. The number of non-ortho nitro benzene ring substituents is 1. The SMILES string of the molecule is Cc1[nH]n(-c2ccccc2)c(=O)c1C=Nc1ccc([N+](=O)[O-])cc1Cl. The number of hydrogen-bond acceptors (Lipinski definition) is 4. The first-order chi connectivity index (χ1) is 12.0. The Labute approximate surface area is 147 Å². The van der Waals surface area contributed by atoms with E-state index in [0.29, 0.717) is 22.6 Å². The largest absolute Gasteiger partial charge is 0.295 e. The van der Waals surface area contributed by atoms with E-state index in [1.54, 1.807) is 6.92 Å². The summed E-state index contributed by atoms with van der Waals surface area (Å²) in [4.78, 5) is 26.9. The van der Waals surface area contributed by atoms with E-state index in [1.165, 1.54) is 29.1 Å². The minimum Gasteiger partial charge on any atom is -0.295 e. The number of aromatic nitrogens is 2. The summed E-state index contributed by atoms with van der Waals surface area (Å²) in [5, 5.41) is 13.9. The number of aryl methyl sites for hydroxylation is 1. The van der Waals surface area contributed by atoms with E-state index in [4.69, 9.17) is 11.6 Å². The van der Waals surface area contributed by atoms with Crippen molar-refractivity contribution in [2.75, 3.05) is 0 Å². The number of aromatic amines is 1. The zero-order chi connectivity index (χ0) is 18.0. The van der Waals surface area contributed by atoms with Crippen molar-refractivity contribution < 1.29 is 4.92 Å². The average Bonchev–Trinajstić information content (AvgIpc) is 2.89. The summed E-state index contributed by atoms with van der Waals surface area (Å²) >= 11 is 6.01. The zero-order valence-electron chi connectivity index (χ0n) is 13.1. The van der Waals surface area contributed by atoms with Crippen LogP contribution < -0.4 is 5.56 Å². The molecule has 1 aromatic heterocycles. The Kier molecular flexibility index (Phi) is 4.49. The molecule has 8 heteroatoms. The molecular formula is C17H13ClN4O3. The number of nitrogens with one attached hydrogen (secondary N) is 1. The third-order valence-electron chi connectivity index (χ3n) is 3.61. The van der Waals surface area contributed by atoms with Crippen molar-refractivity contribution in [2.45, 2.75) is 6.92 Å². The Morgan fingerprint density at radius 1 is 1.24 bits per heavy atom. The monoisotopic (exact) mass is 356 g/mol. The molecule has 0 unspecified atom stereocenters. The van der Waals surface area contributed by atoms with Gasteiger partial charge in [-0.1, -0.05) is 29.8 Å². The first kappa shape index (κ1) is 16.7. The number of hydrogen-bond donors (Lipinski definition) is 1. The van der Waals surface area contributed by atoms with Crippen molar-refractivity contribution in [3.05, 3.63) is 85.3 Å². The number of H-pyrrole nitrogens is 1. The molecule has 3 aromatic rings. The van der Waals surface area contributed by atoms with Gasteiger partial charge in [0.05, 0.1) is 26.9 Å². The van der Waals surface area contributed by atoms with Crippen molar-refractivity contribution >= 4 is 29.2 Å². The topological polar surface area (TPSA) is 93.3 Å². The molecule has 0 bridgehead atoms. The second-order valence-corrected chi connectivity index (χ2v) is 5.68. The lowest BCUT2D eigenvalue weighted by molar-refractivity contribution is -0.384. The number of benzene rings is 2. The number of aliphatic imine (C=N–C) groups is 1. The molecule has 0 saturated carbocycles. The van der Waals surface area contributed by atoms with Crippen molar-refractivity contribution in [3.63, 3.8) is 0 Å². The van der Waals surface area contributed by atoms with E-state index in [9.17, 15) is 14.9 Å². The Bertz CT molecular complexity index is 1020. The molecule has 25 heavy (non-hydrogen) atoms. The lowest BCUT2D eigenvalue weighted by atomic mass is 10.2. The van der Waals surface area contributed by atoms with Gasteiger partial charge in [0.2, 0.25) is 0 Å². The quantitative estimate of drug-likeness (QED) is 0.438. The molecule has 3 rings (SSSR count). The Morgan fingerprint density at radius 2 is 1.96 bits per heavy atom. The predicted octanol–water partition coefficient (Wildman–Crippen LogP) is 3.79. The van der Waals surface area contributed by atoms with Crippen LogP contribution in [0.3, 0.4) is 0 Å². The molecule has 7 nitrogen and oxygen atoms in total. The zero-order valence-corrected chi connectivity index (χ0v) is 13.9. The van der Waals surface area contributed by atoms with Gasteiger partial charge in [-0.3, -0.25) is 25.0 Å². The second kappa shape index (κ2) is 6.74. The molecule has 126 valence electrons. The van der Waals surface area contributed by atoms with Gasteiger partial charge in [0.1, 0.15) is 0 Å². The molecule has 0 saturated heterocycles. The standard InChI is InChI=1S/C17H13ClN4O3/c1-11-14(17(23)21(20-11)12-5-3-2-4-6-12)10-19-16-8-7-13(22(24)25)9-15(16)18/h2-10,20H,1H3. The van der Waals surface area contributed by atoms with Crippen molar-refractivity contribution in [2.24, 2.45) is 4.99 Å². The second-order valence-electron chi connectivity index (χ2n) is 5.28. The van der Waals surface area contributed by atoms with Crippen LogP contribution in [0.15, 0.2) is 58.3 Å². The van der Waals surface area contributed by atoms with Gasteiger partial charge >= 0.3 is 0 Å². The molecular weight excluding hydrogens is 344 g/mol. The maximum Gasteiger partial charge on any atom is 0.280 e. The van der Waals surface area contributed by atoms with E-state index < -0.39 is 4.92 Å². The van der Waals surface area contributed by atoms with E-state index >= 15 is 0 Å². The first-order valence-corrected chi connectivity index (χ1v) is 7.70. The van der Waals surface area contributed by atoms with Gasteiger partial charge in [0.25, 0.3) is 11.2 Å². The summed E-state index contributed by atoms with van der Waals surface area (Å²) in [6.45, 7) is 1.76. The lowest BCUT2D eigenvalue weighted by Crippen LogP contribution is -2.17. The van der Waals surface area contributed by atoms with Gasteiger partial charge in [-0.15, -0.1) is 0 Å². The number of nitrogens with zero attached hydrogens (tertiary/aromatic N) is 3. The fraction of sp³-hybridized carbons (Fsp3) is 0.0588. The van der Waals surface area contributed by atoms with E-state index in [1.807, 2.05) is 30.3 Å². The van der Waals surface area contributed by atoms with Crippen LogP contribution in [0.4, 0.5) is 11.4 Å². The molecule has 0 radical (unpaired) electrons. The highest BCUT2D eigenvalue weighted by atomic mass is 35.5. The molecule has 0 amide bonds. The van der Waals surface area contributed by atoms with Gasteiger partial charge in [-0.25, -0.2) is 4.68 Å². The average molecular weight is 357 g/mol. The summed E-state index contributed by atoms with van der Waals surface area (Å²) in [6.07, 6.45) is 1.40. The maximum atomic E-state index is 12.6. The number of halogens is 1. The highest BCUT2D eigenvalue weighted by Crippen LogP contribution is 2.28. The van der Waals surface area contributed by atoms with Crippen LogP contribution >= 0.6 is 11.6 Å². The molecule has 0 fully saturated rings. The van der Waals surface area contributed by atoms with Gasteiger partial charge in [0, 0.05) is 24.0 Å². The fourth-order valence-corrected chi connectivity index (χ4v) is 2.54. The summed E-state index contributed by atoms with van der Waals surface area (Å²) in [6, 6.07) is 13.1. The van der Waals surface area contributed by atoms with Crippen LogP contribution in [0.25, 0.3) is 5.69 Å². The van der Waals surface area contributed by atoms with E-state index in [0.717, 1.165) is 0 Å². The third-order valence-corrected chi connectivity index (χ3v) is 3.91. The third kappa shape index (κ3) is 3.36. The Balaban J connectivity index is 1.96. The van der Waals surface area contributed by atoms with Gasteiger partial charge in [0.15, 0.2) is 0 Å². The highest BCUT2D eigenvalue weighted by Gasteiger charge is 2.12. The van der Waals surface area contributed by atoms with E-state index in [-0.39, 0.29) is 16.3 Å². The highest BCUT2D eigenvalue weighted by molar-refractivity contribution is 6.33. The molecule has 0 aliphatic heterocycles. The Morgan fingerprint density at radius 3 is 2.60 bits per heavy atom. The van der Waals surface area contributed by atoms with Crippen LogP contribution in [0.2, 0.25) is 5.02 Å². The number of nitro benzene ring substituents is 1. The van der Waals surface area contributed by atoms with Crippen LogP contribution in [-0.4, -0.2) is 20.9 Å². The molecule has 1 N–H and O–H groups in total. The minimum atomic E-state index is -0.534. The summed E-state index contributed by atoms with van der Waals surface area (Å²) in [7, 11) is 0. The lowest BCUT2D eigenvalue weighted by Gasteiger charge is -1.99. The summed E-state index contributed by atoms with van der Waals surface area (Å²) in [5.74, 6) is 0. The molecule has 0 spiro atoms. The number of rotatable bonds is 4. The Hall–Kier alpha value is -3.19. The molecule has 2 aromatic carbocycles. The predicted molar refractivity (Wildman–Crippen MR) is 96.5 cm³/mol. The minimum absolute atomic E-state index is 0.117. The van der Waals surface area contributed by atoms with Crippen LogP contribution in [0, 0.1) is 17.0 Å². The van der Waals surface area contributed by atoms with Crippen molar-refractivity contribution in [1.82, 2.24) is 9.78 Å². The summed E-state index contributed by atoms with van der Waals surface area (Å²) < 4.78 is 1.42. The van der Waals surface area contributed by atoms with E-state index in [2.05, 4.69) is 10.1 Å². The molecule has 0 aliphatic rings. The number of para-hydroxylation sites is 1. The number of nitro groups is 1. The smallest absolute Gasteiger partial charge is 0.280 e. The van der Waals surface area contributed by atoms with Crippen molar-refractivity contribution in [1.29, 1.82) is 0 Å². The molecule has 0 atom stereocenters. The molecule has 1 heterocycles. The van der Waals surface area contributed by atoms with Gasteiger partial charge < -0.3 is 0 Å². The van der Waals surface area contributed by atoms with Crippen LogP contribution in [0.1, 0.15) is 11.3 Å². The first-order valence-electron chi connectivity index (χ1n) is 7.32. The normalized spacial score (nSPS) is 11.1. The summed E-state index contributed by atoms with van der Waals surface area (Å²) in [5.41, 5.74) is 1.73. The van der Waals surface area contributed by atoms with Crippen LogP contribution in [-0.2, 0) is 0 Å². The van der Waals surface area contributed by atoms with Crippen molar-refractivity contribution in [3.8, 4) is 5.69 Å². The van der Waals surface area contributed by atoms with Gasteiger partial charge in [-0.2, -0.15) is 0 Å². The molecule has 0 aliphatic carbocycles.